The predicted molar refractivity (Wildman–Crippen MR) is 70.7 cm³/mol. The van der Waals surface area contributed by atoms with Gasteiger partial charge in [0.05, 0.1) is 5.51 Å². The van der Waals surface area contributed by atoms with E-state index < -0.39 is 0 Å². The van der Waals surface area contributed by atoms with Crippen LogP contribution in [0, 0.1) is 0 Å². The van der Waals surface area contributed by atoms with Crippen molar-refractivity contribution in [3.05, 3.63) is 46.4 Å². The molecule has 1 heterocycles. The maximum absolute atomic E-state index is 5.80. The summed E-state index contributed by atoms with van der Waals surface area (Å²) < 4.78 is 0. The minimum absolute atomic E-state index is 0.112. The molecule has 2 aromatic rings. The fourth-order valence-electron chi connectivity index (χ4n) is 1.34. The average molecular weight is 250 g/mol. The van der Waals surface area contributed by atoms with E-state index in [0.717, 1.165) is 5.75 Å². The number of benzene rings is 1. The van der Waals surface area contributed by atoms with Crippen LogP contribution in [0.25, 0.3) is 0 Å². The summed E-state index contributed by atoms with van der Waals surface area (Å²) in [5, 5.41) is 0. The molecule has 0 radical (unpaired) electrons. The molecule has 4 heteroatoms. The van der Waals surface area contributed by atoms with Crippen LogP contribution in [0.5, 0.6) is 0 Å². The van der Waals surface area contributed by atoms with Crippen LogP contribution in [0.2, 0.25) is 0 Å². The molecule has 0 fully saturated rings. The number of aromatic nitrogens is 1. The van der Waals surface area contributed by atoms with E-state index in [9.17, 15) is 0 Å². The van der Waals surface area contributed by atoms with Crippen LogP contribution in [0.15, 0.2) is 40.9 Å². The standard InChI is InChI=1S/C12H14N2S2/c1-9(13)10-2-4-11(5-3-10)15-7-12-6-14-8-16-12/h2-6,8-9H,7,13H2,1H3. The lowest BCUT2D eigenvalue weighted by atomic mass is 10.1. The zero-order valence-corrected chi connectivity index (χ0v) is 10.7. The van der Waals surface area contributed by atoms with E-state index in [2.05, 4.69) is 29.2 Å². The Balaban J connectivity index is 1.95. The van der Waals surface area contributed by atoms with Gasteiger partial charge < -0.3 is 5.73 Å². The Hall–Kier alpha value is -0.840. The van der Waals surface area contributed by atoms with Crippen LogP contribution in [-0.2, 0) is 5.75 Å². The van der Waals surface area contributed by atoms with Gasteiger partial charge in [0.25, 0.3) is 0 Å². The van der Waals surface area contributed by atoms with Crippen molar-refractivity contribution in [1.29, 1.82) is 0 Å². The quantitative estimate of drug-likeness (QED) is 0.845. The Morgan fingerprint density at radius 2 is 2.12 bits per heavy atom. The van der Waals surface area contributed by atoms with Crippen molar-refractivity contribution in [2.45, 2.75) is 23.6 Å². The molecule has 0 spiro atoms. The van der Waals surface area contributed by atoms with Crippen LogP contribution < -0.4 is 5.73 Å². The number of nitrogens with zero attached hydrogens (tertiary/aromatic N) is 1. The van der Waals surface area contributed by atoms with Crippen molar-refractivity contribution < 1.29 is 0 Å². The Kier molecular flexibility index (Phi) is 3.98. The fraction of sp³-hybridized carbons (Fsp3) is 0.250. The molecule has 2 N–H and O–H groups in total. The summed E-state index contributed by atoms with van der Waals surface area (Å²) in [6.45, 7) is 2.00. The highest BCUT2D eigenvalue weighted by molar-refractivity contribution is 7.98. The van der Waals surface area contributed by atoms with Gasteiger partial charge in [-0.3, -0.25) is 4.98 Å². The smallest absolute Gasteiger partial charge is 0.0794 e. The first-order valence-electron chi connectivity index (χ1n) is 5.11. The second-order valence-electron chi connectivity index (χ2n) is 3.61. The van der Waals surface area contributed by atoms with Crippen LogP contribution in [0.3, 0.4) is 0 Å². The predicted octanol–water partition coefficient (Wildman–Crippen LogP) is 3.46. The normalized spacial score (nSPS) is 12.6. The number of rotatable bonds is 4. The molecule has 16 heavy (non-hydrogen) atoms. The number of thiazole rings is 1. The molecule has 2 rings (SSSR count). The molecule has 0 aliphatic rings. The SMILES string of the molecule is CC(N)c1ccc(SCc2cncs2)cc1. The van der Waals surface area contributed by atoms with Gasteiger partial charge in [0.1, 0.15) is 0 Å². The molecular weight excluding hydrogens is 236 g/mol. The van der Waals surface area contributed by atoms with E-state index in [1.807, 2.05) is 30.4 Å². The maximum atomic E-state index is 5.80. The van der Waals surface area contributed by atoms with Gasteiger partial charge >= 0.3 is 0 Å². The van der Waals surface area contributed by atoms with Gasteiger partial charge in [-0.15, -0.1) is 23.1 Å². The third-order valence-corrected chi connectivity index (χ3v) is 4.29. The average Bonchev–Trinajstić information content (AvgIpc) is 2.80. The third kappa shape index (κ3) is 3.07. The number of hydrogen-bond donors (Lipinski definition) is 1. The first-order valence-corrected chi connectivity index (χ1v) is 6.98. The molecule has 0 bridgehead atoms. The van der Waals surface area contributed by atoms with Gasteiger partial charge in [0.15, 0.2) is 0 Å². The van der Waals surface area contributed by atoms with Crippen molar-refractivity contribution >= 4 is 23.1 Å². The topological polar surface area (TPSA) is 38.9 Å². The molecule has 1 atom stereocenters. The van der Waals surface area contributed by atoms with E-state index in [1.54, 1.807) is 11.3 Å². The van der Waals surface area contributed by atoms with E-state index >= 15 is 0 Å². The molecule has 84 valence electrons. The third-order valence-electron chi connectivity index (χ3n) is 2.27. The highest BCUT2D eigenvalue weighted by atomic mass is 32.2. The minimum Gasteiger partial charge on any atom is -0.324 e. The summed E-state index contributed by atoms with van der Waals surface area (Å²) in [6.07, 6.45) is 1.92. The molecule has 0 amide bonds. The lowest BCUT2D eigenvalue weighted by Crippen LogP contribution is -2.04. The fourth-order valence-corrected chi connectivity index (χ4v) is 2.88. The number of thioether (sulfide) groups is 1. The van der Waals surface area contributed by atoms with Crippen LogP contribution in [-0.4, -0.2) is 4.98 Å². The zero-order valence-electron chi connectivity index (χ0n) is 9.09. The lowest BCUT2D eigenvalue weighted by molar-refractivity contribution is 0.817. The molecule has 1 aromatic carbocycles. The number of nitrogens with two attached hydrogens (primary N) is 1. The van der Waals surface area contributed by atoms with Crippen molar-refractivity contribution in [2.24, 2.45) is 5.73 Å². The summed E-state index contributed by atoms with van der Waals surface area (Å²) >= 11 is 3.53. The van der Waals surface area contributed by atoms with Crippen molar-refractivity contribution in [1.82, 2.24) is 4.98 Å². The van der Waals surface area contributed by atoms with Gasteiger partial charge in [0, 0.05) is 27.8 Å². The zero-order chi connectivity index (χ0) is 11.4. The van der Waals surface area contributed by atoms with E-state index in [-0.39, 0.29) is 6.04 Å². The van der Waals surface area contributed by atoms with Crippen molar-refractivity contribution in [3.63, 3.8) is 0 Å². The second kappa shape index (κ2) is 5.48. The Bertz CT molecular complexity index is 421. The molecule has 0 aliphatic heterocycles. The minimum atomic E-state index is 0.112. The summed E-state index contributed by atoms with van der Waals surface area (Å²) in [4.78, 5) is 6.64. The lowest BCUT2D eigenvalue weighted by Gasteiger charge is -2.06. The van der Waals surface area contributed by atoms with Gasteiger partial charge in [-0.1, -0.05) is 12.1 Å². The monoisotopic (exact) mass is 250 g/mol. The second-order valence-corrected chi connectivity index (χ2v) is 5.63. The Morgan fingerprint density at radius 1 is 1.38 bits per heavy atom. The molecule has 0 aliphatic carbocycles. The first kappa shape index (κ1) is 11.6. The van der Waals surface area contributed by atoms with Crippen LogP contribution in [0.1, 0.15) is 23.4 Å². The van der Waals surface area contributed by atoms with Crippen molar-refractivity contribution in [3.8, 4) is 0 Å². The highest BCUT2D eigenvalue weighted by Gasteiger charge is 2.00. The number of hydrogen-bond acceptors (Lipinski definition) is 4. The molecule has 0 saturated carbocycles. The van der Waals surface area contributed by atoms with Gasteiger partial charge in [-0.25, -0.2) is 0 Å². The van der Waals surface area contributed by atoms with Gasteiger partial charge in [0.2, 0.25) is 0 Å². The molecule has 2 nitrogen and oxygen atoms in total. The molecule has 1 aromatic heterocycles. The Morgan fingerprint density at radius 3 is 2.69 bits per heavy atom. The first-order chi connectivity index (χ1) is 7.75. The van der Waals surface area contributed by atoms with Crippen LogP contribution >= 0.6 is 23.1 Å². The Labute approximate surface area is 104 Å². The van der Waals surface area contributed by atoms with E-state index in [4.69, 9.17) is 5.73 Å². The summed E-state index contributed by atoms with van der Waals surface area (Å²) in [6, 6.07) is 8.56. The highest BCUT2D eigenvalue weighted by Crippen LogP contribution is 2.25. The molecule has 0 saturated heterocycles. The van der Waals surface area contributed by atoms with E-state index in [0.29, 0.717) is 0 Å². The van der Waals surface area contributed by atoms with Gasteiger partial charge in [-0.2, -0.15) is 0 Å². The summed E-state index contributed by atoms with van der Waals surface area (Å²) in [5.74, 6) is 0.988. The van der Waals surface area contributed by atoms with Crippen LogP contribution in [0.4, 0.5) is 0 Å². The van der Waals surface area contributed by atoms with E-state index in [1.165, 1.54) is 15.3 Å². The van der Waals surface area contributed by atoms with Crippen molar-refractivity contribution in [2.75, 3.05) is 0 Å². The summed E-state index contributed by atoms with van der Waals surface area (Å²) in [5.41, 5.74) is 8.85. The molecule has 1 unspecified atom stereocenters. The maximum Gasteiger partial charge on any atom is 0.0794 e. The summed E-state index contributed by atoms with van der Waals surface area (Å²) in [7, 11) is 0. The van der Waals surface area contributed by atoms with Gasteiger partial charge in [-0.05, 0) is 24.6 Å². The largest absolute Gasteiger partial charge is 0.324 e. The molecular formula is C12H14N2S2.